The number of fused-ring (bicyclic) bond motifs is 1. The fourth-order valence-corrected chi connectivity index (χ4v) is 5.30. The average Bonchev–Trinajstić information content (AvgIpc) is 2.67. The maximum atomic E-state index is 12.6. The number of rotatable bonds is 6. The SMILES string of the molecule is CCS(=O)(=O)N1CCCc2ccc(NS(=O)(=O)c3cccc([N+](=O)[O-])c3)cc21. The summed E-state index contributed by atoms with van der Waals surface area (Å²) in [4.78, 5) is 9.96. The van der Waals surface area contributed by atoms with Crippen LogP contribution in [0.25, 0.3) is 0 Å². The highest BCUT2D eigenvalue weighted by molar-refractivity contribution is 7.93. The molecule has 28 heavy (non-hydrogen) atoms. The van der Waals surface area contributed by atoms with E-state index in [0.717, 1.165) is 11.6 Å². The summed E-state index contributed by atoms with van der Waals surface area (Å²) in [5, 5.41) is 10.9. The number of nitro groups is 1. The molecule has 9 nitrogen and oxygen atoms in total. The van der Waals surface area contributed by atoms with Crippen LogP contribution >= 0.6 is 0 Å². The van der Waals surface area contributed by atoms with Crippen LogP contribution in [0.1, 0.15) is 18.9 Å². The lowest BCUT2D eigenvalue weighted by Gasteiger charge is -2.30. The zero-order chi connectivity index (χ0) is 20.5. The van der Waals surface area contributed by atoms with Gasteiger partial charge in [-0.05, 0) is 43.5 Å². The molecule has 1 aliphatic rings. The number of hydrogen-bond donors (Lipinski definition) is 1. The van der Waals surface area contributed by atoms with Crippen LogP contribution in [0.3, 0.4) is 0 Å². The molecule has 0 unspecified atom stereocenters. The first-order valence-corrected chi connectivity index (χ1v) is 11.6. The van der Waals surface area contributed by atoms with E-state index in [0.29, 0.717) is 25.1 Å². The molecular weight excluding hydrogens is 406 g/mol. The number of sulfonamides is 2. The zero-order valence-electron chi connectivity index (χ0n) is 15.0. The van der Waals surface area contributed by atoms with Gasteiger partial charge in [0.25, 0.3) is 15.7 Å². The number of anilines is 2. The molecule has 0 radical (unpaired) electrons. The average molecular weight is 425 g/mol. The normalized spacial score (nSPS) is 14.4. The van der Waals surface area contributed by atoms with Crippen molar-refractivity contribution in [3.05, 3.63) is 58.1 Å². The third-order valence-electron chi connectivity index (χ3n) is 4.45. The Kier molecular flexibility index (Phi) is 5.31. The molecule has 2 aromatic carbocycles. The van der Waals surface area contributed by atoms with Crippen molar-refractivity contribution >= 4 is 37.1 Å². The van der Waals surface area contributed by atoms with Gasteiger partial charge in [0.2, 0.25) is 10.0 Å². The van der Waals surface area contributed by atoms with Gasteiger partial charge in [0.15, 0.2) is 0 Å². The quantitative estimate of drug-likeness (QED) is 0.560. The van der Waals surface area contributed by atoms with Crippen molar-refractivity contribution in [2.24, 2.45) is 0 Å². The van der Waals surface area contributed by atoms with Crippen LogP contribution in [0.4, 0.5) is 17.1 Å². The minimum atomic E-state index is -4.08. The van der Waals surface area contributed by atoms with Gasteiger partial charge < -0.3 is 0 Å². The predicted molar refractivity (Wildman–Crippen MR) is 105 cm³/mol. The molecule has 0 amide bonds. The van der Waals surface area contributed by atoms with Crippen molar-refractivity contribution in [3.63, 3.8) is 0 Å². The van der Waals surface area contributed by atoms with Gasteiger partial charge in [0, 0.05) is 18.7 Å². The summed E-state index contributed by atoms with van der Waals surface area (Å²) in [5.74, 6) is -0.0594. The van der Waals surface area contributed by atoms with Crippen molar-refractivity contribution in [1.29, 1.82) is 0 Å². The molecule has 0 atom stereocenters. The summed E-state index contributed by atoms with van der Waals surface area (Å²) in [6, 6.07) is 9.43. The summed E-state index contributed by atoms with van der Waals surface area (Å²) in [5.41, 5.74) is 1.12. The Labute approximate surface area is 163 Å². The fourth-order valence-electron chi connectivity index (χ4n) is 3.03. The van der Waals surface area contributed by atoms with Gasteiger partial charge in [-0.25, -0.2) is 16.8 Å². The molecule has 150 valence electrons. The van der Waals surface area contributed by atoms with Gasteiger partial charge in [-0.1, -0.05) is 12.1 Å². The number of benzene rings is 2. The summed E-state index contributed by atoms with van der Waals surface area (Å²) < 4.78 is 53.6. The maximum Gasteiger partial charge on any atom is 0.270 e. The molecule has 0 saturated heterocycles. The first-order chi connectivity index (χ1) is 13.1. The van der Waals surface area contributed by atoms with Crippen molar-refractivity contribution < 1.29 is 21.8 Å². The number of non-ortho nitro benzene ring substituents is 1. The highest BCUT2D eigenvalue weighted by atomic mass is 32.2. The van der Waals surface area contributed by atoms with Crippen molar-refractivity contribution in [3.8, 4) is 0 Å². The van der Waals surface area contributed by atoms with Crippen LogP contribution in [-0.2, 0) is 26.5 Å². The number of aryl methyl sites for hydroxylation is 1. The standard InChI is InChI=1S/C17H19N3O6S2/c1-2-27(23,24)19-10-4-5-13-8-9-14(11-17(13)19)18-28(25,26)16-7-3-6-15(12-16)20(21)22/h3,6-9,11-12,18H,2,4-5,10H2,1H3. The second-order valence-electron chi connectivity index (χ2n) is 6.28. The summed E-state index contributed by atoms with van der Waals surface area (Å²) >= 11 is 0. The van der Waals surface area contributed by atoms with Gasteiger partial charge in [0.05, 0.1) is 26.9 Å². The summed E-state index contributed by atoms with van der Waals surface area (Å²) in [7, 11) is -7.56. The largest absolute Gasteiger partial charge is 0.280 e. The molecule has 1 N–H and O–H groups in total. The first kappa shape index (κ1) is 20.1. The lowest BCUT2D eigenvalue weighted by Crippen LogP contribution is -2.36. The second-order valence-corrected chi connectivity index (χ2v) is 10.1. The van der Waals surface area contributed by atoms with E-state index in [-0.39, 0.29) is 22.0 Å². The van der Waals surface area contributed by atoms with Crippen molar-refractivity contribution in [1.82, 2.24) is 0 Å². The molecule has 11 heteroatoms. The van der Waals surface area contributed by atoms with E-state index in [2.05, 4.69) is 4.72 Å². The van der Waals surface area contributed by atoms with E-state index in [1.54, 1.807) is 19.1 Å². The van der Waals surface area contributed by atoms with E-state index >= 15 is 0 Å². The molecule has 0 fully saturated rings. The van der Waals surface area contributed by atoms with Crippen LogP contribution < -0.4 is 9.03 Å². The number of nitro benzene ring substituents is 1. The second kappa shape index (κ2) is 7.40. The molecular formula is C17H19N3O6S2. The third-order valence-corrected chi connectivity index (χ3v) is 7.61. The van der Waals surface area contributed by atoms with Gasteiger partial charge in [-0.2, -0.15) is 0 Å². The Hall–Kier alpha value is -2.66. The number of nitrogens with one attached hydrogen (secondary N) is 1. The third kappa shape index (κ3) is 3.94. The topological polar surface area (TPSA) is 127 Å². The van der Waals surface area contributed by atoms with Gasteiger partial charge in [-0.3, -0.25) is 19.1 Å². The molecule has 0 aliphatic carbocycles. The Morgan fingerprint density at radius 2 is 1.89 bits per heavy atom. The fraction of sp³-hybridized carbons (Fsp3) is 0.294. The van der Waals surface area contributed by atoms with Gasteiger partial charge in [-0.15, -0.1) is 0 Å². The van der Waals surface area contributed by atoms with E-state index in [1.165, 1.54) is 28.6 Å². The molecule has 1 aliphatic heterocycles. The Morgan fingerprint density at radius 3 is 2.57 bits per heavy atom. The van der Waals surface area contributed by atoms with Gasteiger partial charge in [0.1, 0.15) is 0 Å². The number of hydrogen-bond acceptors (Lipinski definition) is 6. The van der Waals surface area contributed by atoms with Crippen molar-refractivity contribution in [2.45, 2.75) is 24.7 Å². The van der Waals surface area contributed by atoms with E-state index < -0.39 is 25.0 Å². The minimum Gasteiger partial charge on any atom is -0.280 e. The van der Waals surface area contributed by atoms with Crippen LogP contribution in [0, 0.1) is 10.1 Å². The first-order valence-electron chi connectivity index (χ1n) is 8.54. The van der Waals surface area contributed by atoms with E-state index in [4.69, 9.17) is 0 Å². The van der Waals surface area contributed by atoms with Crippen LogP contribution in [0.15, 0.2) is 47.4 Å². The smallest absolute Gasteiger partial charge is 0.270 e. The lowest BCUT2D eigenvalue weighted by atomic mass is 10.0. The van der Waals surface area contributed by atoms with Crippen LogP contribution in [0.5, 0.6) is 0 Å². The molecule has 0 aromatic heterocycles. The maximum absolute atomic E-state index is 12.6. The highest BCUT2D eigenvalue weighted by Gasteiger charge is 2.27. The molecule has 1 heterocycles. The Bertz CT molecular complexity index is 1130. The van der Waals surface area contributed by atoms with Gasteiger partial charge >= 0.3 is 0 Å². The van der Waals surface area contributed by atoms with E-state index in [1.807, 2.05) is 0 Å². The monoisotopic (exact) mass is 425 g/mol. The Morgan fingerprint density at radius 1 is 1.14 bits per heavy atom. The Balaban J connectivity index is 1.97. The summed E-state index contributed by atoms with van der Waals surface area (Å²) in [6.07, 6.45) is 1.38. The lowest BCUT2D eigenvalue weighted by molar-refractivity contribution is -0.385. The number of nitrogens with zero attached hydrogens (tertiary/aromatic N) is 2. The molecule has 0 spiro atoms. The molecule has 0 saturated carbocycles. The van der Waals surface area contributed by atoms with Crippen LogP contribution in [0.2, 0.25) is 0 Å². The minimum absolute atomic E-state index is 0.0594. The van der Waals surface area contributed by atoms with E-state index in [9.17, 15) is 26.9 Å². The molecule has 2 aromatic rings. The van der Waals surface area contributed by atoms with Crippen LogP contribution in [-0.4, -0.2) is 34.1 Å². The summed E-state index contributed by atoms with van der Waals surface area (Å²) in [6.45, 7) is 1.89. The molecule has 3 rings (SSSR count). The zero-order valence-corrected chi connectivity index (χ0v) is 16.7. The predicted octanol–water partition coefficient (Wildman–Crippen LogP) is 2.50. The van der Waals surface area contributed by atoms with Crippen molar-refractivity contribution in [2.75, 3.05) is 21.3 Å². The highest BCUT2D eigenvalue weighted by Crippen LogP contribution is 2.33. The molecule has 0 bridgehead atoms.